The summed E-state index contributed by atoms with van der Waals surface area (Å²) in [6.45, 7) is 1.77. The zero-order chi connectivity index (χ0) is 15.0. The third kappa shape index (κ3) is 2.75. The van der Waals surface area contributed by atoms with Gasteiger partial charge in [-0.05, 0) is 66.8 Å². The number of carbonyl (C=O) groups is 1. The van der Waals surface area contributed by atoms with Gasteiger partial charge in [0.2, 0.25) is 0 Å². The quantitative estimate of drug-likeness (QED) is 0.832. The Kier molecular flexibility index (Phi) is 3.37. The van der Waals surface area contributed by atoms with Crippen molar-refractivity contribution in [2.45, 2.75) is 25.8 Å². The Morgan fingerprint density at radius 3 is 2.86 bits per heavy atom. The highest BCUT2D eigenvalue weighted by molar-refractivity contribution is 5.94. The van der Waals surface area contributed by atoms with Crippen molar-refractivity contribution in [3.05, 3.63) is 64.5 Å². The van der Waals surface area contributed by atoms with Crippen LogP contribution in [0, 0.1) is 12.7 Å². The first kappa shape index (κ1) is 13.6. The van der Waals surface area contributed by atoms with Gasteiger partial charge in [-0.25, -0.2) is 4.39 Å². The van der Waals surface area contributed by atoms with Crippen LogP contribution in [0.15, 0.2) is 36.4 Å². The Hall–Kier alpha value is -2.36. The van der Waals surface area contributed by atoms with Gasteiger partial charge in [0.25, 0.3) is 5.91 Å². The summed E-state index contributed by atoms with van der Waals surface area (Å²) in [6.07, 6.45) is 1.74. The maximum atomic E-state index is 13.4. The van der Waals surface area contributed by atoms with E-state index >= 15 is 0 Å². The number of anilines is 1. The highest BCUT2D eigenvalue weighted by atomic mass is 19.1. The predicted octanol–water partition coefficient (Wildman–Crippen LogP) is 3.13. The molecular formula is C17H17FN2O. The number of halogens is 1. The molecule has 108 valence electrons. The number of aryl methyl sites for hydroxylation is 2. The van der Waals surface area contributed by atoms with E-state index in [0.717, 1.165) is 29.7 Å². The number of fused-ring (bicyclic) bond motifs is 1. The van der Waals surface area contributed by atoms with Crippen LogP contribution in [0.4, 0.5) is 10.1 Å². The van der Waals surface area contributed by atoms with Crippen LogP contribution < -0.4 is 11.1 Å². The van der Waals surface area contributed by atoms with Crippen molar-refractivity contribution in [2.24, 2.45) is 0 Å². The molecular weight excluding hydrogens is 267 g/mol. The number of hydrogen-bond donors (Lipinski definition) is 2. The van der Waals surface area contributed by atoms with Crippen LogP contribution in [0.5, 0.6) is 0 Å². The molecule has 3 nitrogen and oxygen atoms in total. The molecule has 0 aliphatic heterocycles. The molecule has 4 heteroatoms. The standard InChI is InChI=1S/C17H17FN2O/c1-10-6-12(8-13(18)7-10)17(21)20-16-5-2-11-9-14(19)3-4-15(11)16/h3-4,6-9,16H,2,5,19H2,1H3,(H,20,21). The van der Waals surface area contributed by atoms with Crippen LogP contribution in [-0.4, -0.2) is 5.91 Å². The molecule has 0 saturated carbocycles. The SMILES string of the molecule is Cc1cc(F)cc(C(=O)NC2CCc3cc(N)ccc32)c1. The van der Waals surface area contributed by atoms with Gasteiger partial charge in [0.05, 0.1) is 6.04 Å². The normalized spacial score (nSPS) is 16.6. The van der Waals surface area contributed by atoms with E-state index in [-0.39, 0.29) is 17.8 Å². The summed E-state index contributed by atoms with van der Waals surface area (Å²) < 4.78 is 13.4. The van der Waals surface area contributed by atoms with Crippen molar-refractivity contribution in [1.29, 1.82) is 0 Å². The van der Waals surface area contributed by atoms with E-state index in [1.165, 1.54) is 17.7 Å². The van der Waals surface area contributed by atoms with Crippen molar-refractivity contribution in [2.75, 3.05) is 5.73 Å². The number of nitrogen functional groups attached to an aromatic ring is 1. The van der Waals surface area contributed by atoms with Gasteiger partial charge in [0.15, 0.2) is 0 Å². The molecule has 0 radical (unpaired) electrons. The van der Waals surface area contributed by atoms with E-state index in [4.69, 9.17) is 5.73 Å². The molecule has 1 aliphatic carbocycles. The van der Waals surface area contributed by atoms with Crippen LogP contribution in [0.3, 0.4) is 0 Å². The molecule has 21 heavy (non-hydrogen) atoms. The summed E-state index contributed by atoms with van der Waals surface area (Å²) in [5, 5.41) is 2.98. The number of nitrogens with one attached hydrogen (secondary N) is 1. The van der Waals surface area contributed by atoms with Crippen molar-refractivity contribution < 1.29 is 9.18 Å². The minimum Gasteiger partial charge on any atom is -0.399 e. The lowest BCUT2D eigenvalue weighted by Gasteiger charge is -2.14. The second-order valence-electron chi connectivity index (χ2n) is 5.54. The molecule has 0 aromatic heterocycles. The van der Waals surface area contributed by atoms with Crippen LogP contribution >= 0.6 is 0 Å². The van der Waals surface area contributed by atoms with E-state index in [1.54, 1.807) is 13.0 Å². The van der Waals surface area contributed by atoms with Gasteiger partial charge in [-0.3, -0.25) is 4.79 Å². The van der Waals surface area contributed by atoms with Gasteiger partial charge in [0, 0.05) is 11.3 Å². The third-order valence-electron chi connectivity index (χ3n) is 3.85. The molecule has 2 aromatic rings. The van der Waals surface area contributed by atoms with Gasteiger partial charge in [-0.15, -0.1) is 0 Å². The van der Waals surface area contributed by atoms with Crippen LogP contribution in [-0.2, 0) is 6.42 Å². The lowest BCUT2D eigenvalue weighted by molar-refractivity contribution is 0.0936. The third-order valence-corrected chi connectivity index (χ3v) is 3.85. The summed E-state index contributed by atoms with van der Waals surface area (Å²) in [7, 11) is 0. The second kappa shape index (κ2) is 5.20. The summed E-state index contributed by atoms with van der Waals surface area (Å²) in [6, 6.07) is 10.1. The van der Waals surface area contributed by atoms with Crippen molar-refractivity contribution in [3.63, 3.8) is 0 Å². The Morgan fingerprint density at radius 1 is 1.29 bits per heavy atom. The molecule has 1 unspecified atom stereocenters. The van der Waals surface area contributed by atoms with Gasteiger partial charge in [-0.1, -0.05) is 6.07 Å². The second-order valence-corrected chi connectivity index (χ2v) is 5.54. The summed E-state index contributed by atoms with van der Waals surface area (Å²) >= 11 is 0. The minimum absolute atomic E-state index is 0.0309. The summed E-state index contributed by atoms with van der Waals surface area (Å²) in [4.78, 5) is 12.3. The molecule has 0 heterocycles. The molecule has 0 bridgehead atoms. The first-order chi connectivity index (χ1) is 10.0. The largest absolute Gasteiger partial charge is 0.399 e. The minimum atomic E-state index is -0.389. The zero-order valence-electron chi connectivity index (χ0n) is 11.8. The van der Waals surface area contributed by atoms with Crippen LogP contribution in [0.1, 0.15) is 39.5 Å². The van der Waals surface area contributed by atoms with Gasteiger partial charge in [0.1, 0.15) is 5.82 Å². The number of hydrogen-bond acceptors (Lipinski definition) is 2. The van der Waals surface area contributed by atoms with Gasteiger partial charge >= 0.3 is 0 Å². The van der Waals surface area contributed by atoms with E-state index in [9.17, 15) is 9.18 Å². The Morgan fingerprint density at radius 2 is 2.10 bits per heavy atom. The molecule has 3 N–H and O–H groups in total. The highest BCUT2D eigenvalue weighted by Gasteiger charge is 2.24. The van der Waals surface area contributed by atoms with Crippen LogP contribution in [0.25, 0.3) is 0 Å². The zero-order valence-corrected chi connectivity index (χ0v) is 11.8. The summed E-state index contributed by atoms with van der Waals surface area (Å²) in [5.41, 5.74) is 9.88. The van der Waals surface area contributed by atoms with Crippen LogP contribution in [0.2, 0.25) is 0 Å². The molecule has 0 spiro atoms. The highest BCUT2D eigenvalue weighted by Crippen LogP contribution is 2.32. The molecule has 0 fully saturated rings. The smallest absolute Gasteiger partial charge is 0.251 e. The van der Waals surface area contributed by atoms with E-state index in [1.807, 2.05) is 18.2 Å². The van der Waals surface area contributed by atoms with Gasteiger partial charge in [-0.2, -0.15) is 0 Å². The Balaban J connectivity index is 1.81. The Bertz CT molecular complexity index is 692. The average molecular weight is 284 g/mol. The molecule has 1 atom stereocenters. The fourth-order valence-electron chi connectivity index (χ4n) is 2.90. The fourth-order valence-corrected chi connectivity index (χ4v) is 2.90. The van der Waals surface area contributed by atoms with Crippen molar-refractivity contribution in [1.82, 2.24) is 5.32 Å². The molecule has 0 saturated heterocycles. The number of nitrogens with two attached hydrogens (primary N) is 1. The average Bonchev–Trinajstić information content (AvgIpc) is 2.80. The monoisotopic (exact) mass is 284 g/mol. The summed E-state index contributed by atoms with van der Waals surface area (Å²) in [5.74, 6) is -0.632. The molecule has 1 aliphatic rings. The van der Waals surface area contributed by atoms with Crippen molar-refractivity contribution >= 4 is 11.6 Å². The van der Waals surface area contributed by atoms with E-state index < -0.39 is 0 Å². The number of rotatable bonds is 2. The molecule has 3 rings (SSSR count). The maximum Gasteiger partial charge on any atom is 0.251 e. The number of carbonyl (C=O) groups excluding carboxylic acids is 1. The predicted molar refractivity (Wildman–Crippen MR) is 80.5 cm³/mol. The number of benzene rings is 2. The lowest BCUT2D eigenvalue weighted by atomic mass is 10.1. The number of amides is 1. The van der Waals surface area contributed by atoms with Crippen molar-refractivity contribution in [3.8, 4) is 0 Å². The lowest BCUT2D eigenvalue weighted by Crippen LogP contribution is -2.27. The first-order valence-corrected chi connectivity index (χ1v) is 6.99. The molecule has 1 amide bonds. The maximum absolute atomic E-state index is 13.4. The van der Waals surface area contributed by atoms with Gasteiger partial charge < -0.3 is 11.1 Å². The topological polar surface area (TPSA) is 55.1 Å². The fraction of sp³-hybridized carbons (Fsp3) is 0.235. The first-order valence-electron chi connectivity index (χ1n) is 6.99. The van der Waals surface area contributed by atoms with E-state index in [0.29, 0.717) is 5.56 Å². The molecule has 2 aromatic carbocycles. The Labute approximate surface area is 123 Å². The van der Waals surface area contributed by atoms with E-state index in [2.05, 4.69) is 5.32 Å².